The van der Waals surface area contributed by atoms with Gasteiger partial charge in [0.15, 0.2) is 5.43 Å². The summed E-state index contributed by atoms with van der Waals surface area (Å²) in [5.74, 6) is 0. The molecule has 0 unspecified atom stereocenters. The molecule has 0 fully saturated rings. The van der Waals surface area contributed by atoms with Crippen LogP contribution >= 0.6 is 0 Å². The first kappa shape index (κ1) is 13.4. The van der Waals surface area contributed by atoms with Crippen molar-refractivity contribution in [2.45, 2.75) is 20.0 Å². The lowest BCUT2D eigenvalue weighted by Crippen LogP contribution is -2.07. The third kappa shape index (κ3) is 2.86. The van der Waals surface area contributed by atoms with Crippen molar-refractivity contribution in [2.24, 2.45) is 0 Å². The van der Waals surface area contributed by atoms with Gasteiger partial charge in [-0.05, 0) is 31.5 Å². The third-order valence-electron chi connectivity index (χ3n) is 2.83. The SMILES string of the molecule is Cc1cc(=O)cc(-c2cc(C(F)(F)F)ccc2C)[nH]1. The Hall–Kier alpha value is -2.04. The lowest BCUT2D eigenvalue weighted by Gasteiger charge is -2.12. The van der Waals surface area contributed by atoms with E-state index in [-0.39, 0.29) is 5.43 Å². The minimum Gasteiger partial charge on any atom is -0.358 e. The average Bonchev–Trinajstić information content (AvgIpc) is 2.26. The van der Waals surface area contributed by atoms with Crippen LogP contribution in [0.3, 0.4) is 0 Å². The number of aromatic nitrogens is 1. The van der Waals surface area contributed by atoms with Crippen LogP contribution < -0.4 is 5.43 Å². The number of nitrogens with one attached hydrogen (secondary N) is 1. The molecule has 1 aromatic carbocycles. The number of benzene rings is 1. The van der Waals surface area contributed by atoms with E-state index in [0.29, 0.717) is 22.5 Å². The van der Waals surface area contributed by atoms with E-state index in [0.717, 1.165) is 12.1 Å². The Labute approximate surface area is 107 Å². The molecule has 1 heterocycles. The monoisotopic (exact) mass is 267 g/mol. The molecular formula is C14H12F3NO. The van der Waals surface area contributed by atoms with E-state index in [1.54, 1.807) is 13.8 Å². The highest BCUT2D eigenvalue weighted by Gasteiger charge is 2.30. The molecule has 0 amide bonds. The number of pyridine rings is 1. The lowest BCUT2D eigenvalue weighted by molar-refractivity contribution is -0.137. The molecule has 0 saturated heterocycles. The third-order valence-corrected chi connectivity index (χ3v) is 2.83. The molecule has 0 spiro atoms. The summed E-state index contributed by atoms with van der Waals surface area (Å²) in [7, 11) is 0. The summed E-state index contributed by atoms with van der Waals surface area (Å²) in [6.45, 7) is 3.39. The number of H-pyrrole nitrogens is 1. The number of aryl methyl sites for hydroxylation is 2. The molecule has 0 aliphatic rings. The fourth-order valence-electron chi connectivity index (χ4n) is 1.92. The van der Waals surface area contributed by atoms with E-state index in [1.165, 1.54) is 18.2 Å². The normalized spacial score (nSPS) is 11.6. The van der Waals surface area contributed by atoms with Gasteiger partial charge in [-0.25, -0.2) is 0 Å². The Morgan fingerprint density at radius 3 is 2.32 bits per heavy atom. The summed E-state index contributed by atoms with van der Waals surface area (Å²) in [6, 6.07) is 6.19. The largest absolute Gasteiger partial charge is 0.416 e. The molecule has 19 heavy (non-hydrogen) atoms. The molecule has 5 heteroatoms. The van der Waals surface area contributed by atoms with E-state index in [4.69, 9.17) is 0 Å². The van der Waals surface area contributed by atoms with Gasteiger partial charge in [-0.3, -0.25) is 4.79 Å². The van der Waals surface area contributed by atoms with Gasteiger partial charge in [-0.2, -0.15) is 13.2 Å². The second kappa shape index (κ2) is 4.57. The van der Waals surface area contributed by atoms with Crippen LogP contribution in [0.5, 0.6) is 0 Å². The van der Waals surface area contributed by atoms with E-state index < -0.39 is 11.7 Å². The van der Waals surface area contributed by atoms with Crippen molar-refractivity contribution in [3.05, 3.63) is 57.4 Å². The molecule has 0 radical (unpaired) electrons. The number of hydrogen-bond donors (Lipinski definition) is 1. The first-order valence-corrected chi connectivity index (χ1v) is 5.66. The summed E-state index contributed by atoms with van der Waals surface area (Å²) in [5.41, 5.74) is 1.11. The number of aromatic amines is 1. The van der Waals surface area contributed by atoms with Crippen LogP contribution in [0, 0.1) is 13.8 Å². The summed E-state index contributed by atoms with van der Waals surface area (Å²) in [6.07, 6.45) is -4.40. The first-order valence-electron chi connectivity index (χ1n) is 5.66. The highest BCUT2D eigenvalue weighted by molar-refractivity contribution is 5.64. The summed E-state index contributed by atoms with van der Waals surface area (Å²) >= 11 is 0. The van der Waals surface area contributed by atoms with Crippen LogP contribution in [0.1, 0.15) is 16.8 Å². The fourth-order valence-corrected chi connectivity index (χ4v) is 1.92. The number of rotatable bonds is 1. The molecule has 1 aromatic heterocycles. The van der Waals surface area contributed by atoms with Gasteiger partial charge in [0, 0.05) is 29.1 Å². The van der Waals surface area contributed by atoms with Gasteiger partial charge in [0.1, 0.15) is 0 Å². The Kier molecular flexibility index (Phi) is 3.22. The summed E-state index contributed by atoms with van der Waals surface area (Å²) in [4.78, 5) is 14.4. The smallest absolute Gasteiger partial charge is 0.358 e. The molecule has 0 bridgehead atoms. The maximum absolute atomic E-state index is 12.7. The van der Waals surface area contributed by atoms with Crippen LogP contribution in [0.25, 0.3) is 11.3 Å². The molecule has 1 N–H and O–H groups in total. The van der Waals surface area contributed by atoms with Gasteiger partial charge in [0.05, 0.1) is 5.56 Å². The Morgan fingerprint density at radius 2 is 1.74 bits per heavy atom. The van der Waals surface area contributed by atoms with Crippen molar-refractivity contribution in [1.82, 2.24) is 4.98 Å². The zero-order valence-corrected chi connectivity index (χ0v) is 10.4. The minimum atomic E-state index is -4.40. The van der Waals surface area contributed by atoms with Gasteiger partial charge in [0.2, 0.25) is 0 Å². The van der Waals surface area contributed by atoms with Crippen molar-refractivity contribution < 1.29 is 13.2 Å². The molecule has 2 nitrogen and oxygen atoms in total. The van der Waals surface area contributed by atoms with Crippen molar-refractivity contribution >= 4 is 0 Å². The fraction of sp³-hybridized carbons (Fsp3) is 0.214. The van der Waals surface area contributed by atoms with Crippen molar-refractivity contribution in [3.63, 3.8) is 0 Å². The van der Waals surface area contributed by atoms with Crippen LogP contribution in [-0.4, -0.2) is 4.98 Å². The average molecular weight is 267 g/mol. The molecule has 2 aromatic rings. The van der Waals surface area contributed by atoms with Crippen LogP contribution in [0.2, 0.25) is 0 Å². The van der Waals surface area contributed by atoms with Gasteiger partial charge in [-0.15, -0.1) is 0 Å². The molecule has 100 valence electrons. The second-order valence-corrected chi connectivity index (χ2v) is 4.44. The highest BCUT2D eigenvalue weighted by atomic mass is 19.4. The molecule has 0 aliphatic heterocycles. The van der Waals surface area contributed by atoms with Crippen LogP contribution in [0.15, 0.2) is 35.1 Å². The van der Waals surface area contributed by atoms with Crippen LogP contribution in [0.4, 0.5) is 13.2 Å². The number of halogens is 3. The van der Waals surface area contributed by atoms with E-state index in [2.05, 4.69) is 4.98 Å². The van der Waals surface area contributed by atoms with Gasteiger partial charge in [0.25, 0.3) is 0 Å². The van der Waals surface area contributed by atoms with Crippen molar-refractivity contribution in [3.8, 4) is 11.3 Å². The Morgan fingerprint density at radius 1 is 1.05 bits per heavy atom. The standard InChI is InChI=1S/C14H12F3NO/c1-8-3-4-10(14(15,16)17)6-12(8)13-7-11(19)5-9(2)18-13/h3-7H,1-2H3,(H,18,19). The van der Waals surface area contributed by atoms with E-state index in [1.807, 2.05) is 0 Å². The first-order chi connectivity index (χ1) is 8.77. The number of hydrogen-bond acceptors (Lipinski definition) is 1. The maximum Gasteiger partial charge on any atom is 0.416 e. The minimum absolute atomic E-state index is 0.233. The molecule has 0 atom stereocenters. The van der Waals surface area contributed by atoms with Gasteiger partial charge < -0.3 is 4.98 Å². The summed E-state index contributed by atoms with van der Waals surface area (Å²) < 4.78 is 38.1. The highest BCUT2D eigenvalue weighted by Crippen LogP contribution is 2.33. The van der Waals surface area contributed by atoms with E-state index >= 15 is 0 Å². The predicted molar refractivity (Wildman–Crippen MR) is 67.0 cm³/mol. The molecule has 2 rings (SSSR count). The molecule has 0 aliphatic carbocycles. The van der Waals surface area contributed by atoms with Gasteiger partial charge in [-0.1, -0.05) is 6.07 Å². The van der Waals surface area contributed by atoms with E-state index in [9.17, 15) is 18.0 Å². The second-order valence-electron chi connectivity index (χ2n) is 4.44. The molecular weight excluding hydrogens is 255 g/mol. The Balaban J connectivity index is 2.64. The van der Waals surface area contributed by atoms with Crippen molar-refractivity contribution in [2.75, 3.05) is 0 Å². The molecule has 0 saturated carbocycles. The predicted octanol–water partition coefficient (Wildman–Crippen LogP) is 3.68. The Bertz CT molecular complexity index is 671. The summed E-state index contributed by atoms with van der Waals surface area (Å²) in [5, 5.41) is 0. The number of alkyl halides is 3. The zero-order chi connectivity index (χ0) is 14.2. The van der Waals surface area contributed by atoms with Gasteiger partial charge >= 0.3 is 6.18 Å². The van der Waals surface area contributed by atoms with Crippen LogP contribution in [-0.2, 0) is 6.18 Å². The maximum atomic E-state index is 12.7. The lowest BCUT2D eigenvalue weighted by atomic mass is 10.0. The quantitative estimate of drug-likeness (QED) is 0.840. The topological polar surface area (TPSA) is 32.9 Å². The zero-order valence-electron chi connectivity index (χ0n) is 10.4. The van der Waals surface area contributed by atoms with Crippen molar-refractivity contribution in [1.29, 1.82) is 0 Å².